The van der Waals surface area contributed by atoms with Crippen LogP contribution < -0.4 is 5.32 Å². The lowest BCUT2D eigenvalue weighted by Crippen LogP contribution is -2.49. The van der Waals surface area contributed by atoms with Gasteiger partial charge in [-0.1, -0.05) is 12.1 Å². The van der Waals surface area contributed by atoms with Crippen molar-refractivity contribution in [3.05, 3.63) is 77.3 Å². The number of aromatic carboxylic acids is 1. The van der Waals surface area contributed by atoms with Crippen LogP contribution >= 0.6 is 0 Å². The summed E-state index contributed by atoms with van der Waals surface area (Å²) in [4.78, 5) is 33.4. The minimum absolute atomic E-state index is 0.0905. The predicted molar refractivity (Wildman–Crippen MR) is 99.3 cm³/mol. The lowest BCUT2D eigenvalue weighted by molar-refractivity contribution is -0.127. The van der Waals surface area contributed by atoms with Crippen molar-refractivity contribution in [1.82, 2.24) is 20.2 Å². The number of hydrogen-bond donors (Lipinski definition) is 3. The number of H-pyrrole nitrogens is 1. The van der Waals surface area contributed by atoms with E-state index in [0.717, 1.165) is 17.0 Å². The van der Waals surface area contributed by atoms with Crippen LogP contribution in [0.15, 0.2) is 53.4 Å². The van der Waals surface area contributed by atoms with Crippen LogP contribution in [0.3, 0.4) is 0 Å². The number of imidazole rings is 1. The Bertz CT molecular complexity index is 963. The molecular weight excluding hydrogens is 360 g/mol. The zero-order valence-corrected chi connectivity index (χ0v) is 15.1. The highest BCUT2D eigenvalue weighted by Gasteiger charge is 2.33. The zero-order chi connectivity index (χ0) is 19.5. The number of carbonyl (C=O) groups is 2. The Morgan fingerprint density at radius 1 is 1.29 bits per heavy atom. The van der Waals surface area contributed by atoms with Gasteiger partial charge in [0.25, 0.3) is 0 Å². The summed E-state index contributed by atoms with van der Waals surface area (Å²) in [7, 11) is 0. The van der Waals surface area contributed by atoms with Gasteiger partial charge in [-0.3, -0.25) is 9.69 Å². The summed E-state index contributed by atoms with van der Waals surface area (Å²) >= 11 is 0. The highest BCUT2D eigenvalue weighted by molar-refractivity contribution is 5.87. The van der Waals surface area contributed by atoms with E-state index in [-0.39, 0.29) is 17.5 Å². The fourth-order valence-corrected chi connectivity index (χ4v) is 3.40. The zero-order valence-electron chi connectivity index (χ0n) is 15.1. The van der Waals surface area contributed by atoms with E-state index in [1.807, 2.05) is 6.07 Å². The molecule has 1 unspecified atom stereocenters. The molecular formula is C20H20N4O4. The van der Waals surface area contributed by atoms with Gasteiger partial charge < -0.3 is 19.8 Å². The normalized spacial score (nSPS) is 16.5. The lowest BCUT2D eigenvalue weighted by atomic mass is 10.0. The van der Waals surface area contributed by atoms with Gasteiger partial charge in [-0.15, -0.1) is 0 Å². The number of carbonyl (C=O) groups excluding carboxylic acids is 1. The van der Waals surface area contributed by atoms with Crippen molar-refractivity contribution in [2.45, 2.75) is 32.1 Å². The lowest BCUT2D eigenvalue weighted by Gasteiger charge is -2.34. The molecule has 144 valence electrons. The monoisotopic (exact) mass is 380 g/mol. The molecule has 4 rings (SSSR count). The minimum atomic E-state index is -0.957. The molecule has 0 radical (unpaired) electrons. The third-order valence-electron chi connectivity index (χ3n) is 4.90. The number of aromatic amines is 1. The number of fused-ring (bicyclic) bond motifs is 1. The van der Waals surface area contributed by atoms with Gasteiger partial charge in [0.2, 0.25) is 5.91 Å². The number of carboxylic acids is 1. The van der Waals surface area contributed by atoms with Crippen LogP contribution in [0.25, 0.3) is 0 Å². The first-order valence-corrected chi connectivity index (χ1v) is 8.97. The molecule has 28 heavy (non-hydrogen) atoms. The number of aromatic nitrogens is 2. The summed E-state index contributed by atoms with van der Waals surface area (Å²) in [6, 6.07) is 9.95. The topological polar surface area (TPSA) is 111 Å². The second kappa shape index (κ2) is 7.69. The van der Waals surface area contributed by atoms with Gasteiger partial charge in [-0.05, 0) is 29.8 Å². The highest BCUT2D eigenvalue weighted by atomic mass is 16.4. The third-order valence-corrected chi connectivity index (χ3v) is 4.90. The molecule has 3 N–H and O–H groups in total. The molecule has 0 bridgehead atoms. The molecule has 0 aliphatic carbocycles. The average molecular weight is 380 g/mol. The van der Waals surface area contributed by atoms with Crippen molar-refractivity contribution in [2.24, 2.45) is 0 Å². The van der Waals surface area contributed by atoms with E-state index in [9.17, 15) is 9.59 Å². The van der Waals surface area contributed by atoms with Gasteiger partial charge in [0, 0.05) is 19.5 Å². The molecule has 1 amide bonds. The molecule has 1 aliphatic heterocycles. The van der Waals surface area contributed by atoms with Crippen LogP contribution in [0.5, 0.6) is 0 Å². The van der Waals surface area contributed by atoms with Gasteiger partial charge >= 0.3 is 5.97 Å². The number of benzene rings is 1. The van der Waals surface area contributed by atoms with Crippen molar-refractivity contribution < 1.29 is 19.1 Å². The van der Waals surface area contributed by atoms with E-state index in [1.54, 1.807) is 42.9 Å². The third kappa shape index (κ3) is 3.81. The Morgan fingerprint density at radius 3 is 2.82 bits per heavy atom. The Morgan fingerprint density at radius 2 is 2.11 bits per heavy atom. The summed E-state index contributed by atoms with van der Waals surface area (Å²) in [5, 5.41) is 12.0. The van der Waals surface area contributed by atoms with Crippen LogP contribution in [0.1, 0.15) is 33.1 Å². The second-order valence-corrected chi connectivity index (χ2v) is 6.75. The standard InChI is InChI=1S/C20H20N4O4/c25-19(21-9-15-2-1-7-28-15)18-8-16-17(23-12-22-16)11-24(18)10-13-3-5-14(6-4-13)20(26)27/h1-7,12,18H,8-11H2,(H,21,25)(H,22,23)(H,26,27). The molecule has 1 aromatic carbocycles. The van der Waals surface area contributed by atoms with Crippen molar-refractivity contribution in [3.8, 4) is 0 Å². The van der Waals surface area contributed by atoms with Gasteiger partial charge in [0.15, 0.2) is 0 Å². The number of nitrogens with one attached hydrogen (secondary N) is 2. The molecule has 8 nitrogen and oxygen atoms in total. The Labute approximate surface area is 161 Å². The maximum absolute atomic E-state index is 12.9. The maximum atomic E-state index is 12.9. The van der Waals surface area contributed by atoms with E-state index >= 15 is 0 Å². The fraction of sp³-hybridized carbons (Fsp3) is 0.250. The quantitative estimate of drug-likeness (QED) is 0.603. The Balaban J connectivity index is 1.50. The molecule has 1 aliphatic rings. The molecule has 3 heterocycles. The largest absolute Gasteiger partial charge is 0.478 e. The van der Waals surface area contributed by atoms with Crippen molar-refractivity contribution >= 4 is 11.9 Å². The minimum Gasteiger partial charge on any atom is -0.478 e. The van der Waals surface area contributed by atoms with E-state index < -0.39 is 5.97 Å². The SMILES string of the molecule is O=C(O)c1ccc(CN2Cc3[nH]cnc3CC2C(=O)NCc2ccco2)cc1. The molecule has 0 spiro atoms. The molecule has 0 saturated carbocycles. The Kier molecular flexibility index (Phi) is 4.94. The van der Waals surface area contributed by atoms with Crippen LogP contribution in [0.2, 0.25) is 0 Å². The summed E-state index contributed by atoms with van der Waals surface area (Å²) < 4.78 is 5.27. The maximum Gasteiger partial charge on any atom is 0.335 e. The number of carboxylic acid groups (broad SMARTS) is 1. The molecule has 0 saturated heterocycles. The fourth-order valence-electron chi connectivity index (χ4n) is 3.40. The Hall–Kier alpha value is -3.39. The van der Waals surface area contributed by atoms with Crippen molar-refractivity contribution in [1.29, 1.82) is 0 Å². The highest BCUT2D eigenvalue weighted by Crippen LogP contribution is 2.23. The first-order chi connectivity index (χ1) is 13.6. The predicted octanol–water partition coefficient (Wildman–Crippen LogP) is 1.94. The van der Waals surface area contributed by atoms with Gasteiger partial charge in [0.05, 0.1) is 42.1 Å². The first-order valence-electron chi connectivity index (χ1n) is 8.97. The molecule has 0 fully saturated rings. The molecule has 3 aromatic rings. The van der Waals surface area contributed by atoms with Crippen LogP contribution in [-0.4, -0.2) is 37.9 Å². The van der Waals surface area contributed by atoms with E-state index in [4.69, 9.17) is 9.52 Å². The first kappa shape index (κ1) is 18.0. The van der Waals surface area contributed by atoms with Crippen LogP contribution in [0, 0.1) is 0 Å². The van der Waals surface area contributed by atoms with Crippen LogP contribution in [0.4, 0.5) is 0 Å². The molecule has 8 heteroatoms. The number of hydrogen-bond acceptors (Lipinski definition) is 5. The average Bonchev–Trinajstić information content (AvgIpc) is 3.37. The van der Waals surface area contributed by atoms with E-state index in [0.29, 0.717) is 31.8 Å². The summed E-state index contributed by atoms with van der Waals surface area (Å²) in [6.45, 7) is 1.42. The number of amides is 1. The van der Waals surface area contributed by atoms with Gasteiger partial charge in [-0.25, -0.2) is 9.78 Å². The van der Waals surface area contributed by atoms with E-state index in [1.165, 1.54) is 0 Å². The summed E-state index contributed by atoms with van der Waals surface area (Å²) in [5.74, 6) is -0.352. The van der Waals surface area contributed by atoms with E-state index in [2.05, 4.69) is 20.2 Å². The summed E-state index contributed by atoms with van der Waals surface area (Å²) in [6.07, 6.45) is 3.73. The number of furan rings is 1. The van der Waals surface area contributed by atoms with Crippen LogP contribution in [-0.2, 0) is 30.8 Å². The molecule has 2 aromatic heterocycles. The summed E-state index contributed by atoms with van der Waals surface area (Å²) in [5.41, 5.74) is 3.08. The van der Waals surface area contributed by atoms with Gasteiger partial charge in [0.1, 0.15) is 5.76 Å². The van der Waals surface area contributed by atoms with Crippen molar-refractivity contribution in [3.63, 3.8) is 0 Å². The molecule has 1 atom stereocenters. The second-order valence-electron chi connectivity index (χ2n) is 6.75. The number of nitrogens with zero attached hydrogens (tertiary/aromatic N) is 2. The van der Waals surface area contributed by atoms with Crippen molar-refractivity contribution in [2.75, 3.05) is 0 Å². The smallest absolute Gasteiger partial charge is 0.335 e. The number of rotatable bonds is 6. The van der Waals surface area contributed by atoms with Gasteiger partial charge in [-0.2, -0.15) is 0 Å².